The van der Waals surface area contributed by atoms with E-state index in [1.165, 1.54) is 18.2 Å². The van der Waals surface area contributed by atoms with E-state index in [9.17, 15) is 19.7 Å². The number of nitro groups is 1. The normalized spacial score (nSPS) is 10.0. The largest absolute Gasteiger partial charge is 0.455 e. The smallest absolute Gasteiger partial charge is 0.310 e. The van der Waals surface area contributed by atoms with Gasteiger partial charge in [0.05, 0.1) is 17.0 Å². The lowest BCUT2D eigenvalue weighted by molar-refractivity contribution is -0.384. The van der Waals surface area contributed by atoms with Gasteiger partial charge in [0.2, 0.25) is 0 Å². The highest BCUT2D eigenvalue weighted by Crippen LogP contribution is 2.27. The van der Waals surface area contributed by atoms with Gasteiger partial charge in [-0.25, -0.2) is 4.98 Å². The van der Waals surface area contributed by atoms with Crippen molar-refractivity contribution < 1.29 is 19.2 Å². The van der Waals surface area contributed by atoms with Crippen LogP contribution in [0.2, 0.25) is 0 Å². The van der Waals surface area contributed by atoms with E-state index in [-0.39, 0.29) is 12.1 Å². The minimum Gasteiger partial charge on any atom is -0.455 e. The van der Waals surface area contributed by atoms with Gasteiger partial charge >= 0.3 is 5.97 Å². The Morgan fingerprint density at radius 2 is 2.25 bits per heavy atom. The van der Waals surface area contributed by atoms with Crippen LogP contribution in [0.25, 0.3) is 11.3 Å². The van der Waals surface area contributed by atoms with Crippen molar-refractivity contribution >= 4 is 34.0 Å². The molecule has 1 N–H and O–H groups in total. The second kappa shape index (κ2) is 7.97. The number of non-ortho nitro benzene ring substituents is 1. The first-order valence-electron chi connectivity index (χ1n) is 6.76. The van der Waals surface area contributed by atoms with Crippen LogP contribution in [0.1, 0.15) is 6.42 Å². The molecule has 0 spiro atoms. The van der Waals surface area contributed by atoms with E-state index in [4.69, 9.17) is 4.74 Å². The summed E-state index contributed by atoms with van der Waals surface area (Å²) in [5, 5.41) is 15.3. The summed E-state index contributed by atoms with van der Waals surface area (Å²) >= 11 is 1.16. The topological polar surface area (TPSA) is 111 Å². The van der Waals surface area contributed by atoms with Gasteiger partial charge in [0.25, 0.3) is 11.6 Å². The summed E-state index contributed by atoms with van der Waals surface area (Å²) in [4.78, 5) is 37.3. The van der Waals surface area contributed by atoms with Crippen LogP contribution in [0.15, 0.2) is 42.3 Å². The molecular weight excluding hydrogens is 334 g/mol. The molecular formula is C15H13N3O5S. The number of anilines is 1. The Balaban J connectivity index is 1.99. The number of carbonyl (C=O) groups is 2. The van der Waals surface area contributed by atoms with Gasteiger partial charge in [-0.1, -0.05) is 18.2 Å². The third kappa shape index (κ3) is 4.71. The highest BCUT2D eigenvalue weighted by atomic mass is 32.1. The molecule has 1 aromatic heterocycles. The predicted molar refractivity (Wildman–Crippen MR) is 88.6 cm³/mol. The van der Waals surface area contributed by atoms with Crippen LogP contribution in [-0.2, 0) is 14.3 Å². The van der Waals surface area contributed by atoms with Crippen LogP contribution in [0, 0.1) is 10.1 Å². The summed E-state index contributed by atoms with van der Waals surface area (Å²) in [6, 6.07) is 6.03. The maximum atomic E-state index is 11.7. The number of esters is 1. The molecule has 1 amide bonds. The summed E-state index contributed by atoms with van der Waals surface area (Å²) in [7, 11) is 0. The number of hydrogen-bond donors (Lipinski definition) is 1. The van der Waals surface area contributed by atoms with Gasteiger partial charge in [-0.2, -0.15) is 0 Å². The molecule has 0 aliphatic carbocycles. The zero-order valence-corrected chi connectivity index (χ0v) is 13.2. The number of ether oxygens (including phenoxy) is 1. The number of rotatable bonds is 7. The van der Waals surface area contributed by atoms with E-state index in [2.05, 4.69) is 16.9 Å². The van der Waals surface area contributed by atoms with Crippen LogP contribution in [0.5, 0.6) is 0 Å². The van der Waals surface area contributed by atoms with Crippen molar-refractivity contribution in [3.63, 3.8) is 0 Å². The van der Waals surface area contributed by atoms with E-state index < -0.39 is 23.4 Å². The van der Waals surface area contributed by atoms with Crippen molar-refractivity contribution in [2.45, 2.75) is 6.42 Å². The Morgan fingerprint density at radius 1 is 1.46 bits per heavy atom. The van der Waals surface area contributed by atoms with E-state index in [0.717, 1.165) is 11.3 Å². The summed E-state index contributed by atoms with van der Waals surface area (Å²) in [6.45, 7) is 2.97. The minimum atomic E-state index is -0.545. The fraction of sp³-hybridized carbons (Fsp3) is 0.133. The molecule has 124 valence electrons. The van der Waals surface area contributed by atoms with Crippen LogP contribution in [-0.4, -0.2) is 28.4 Å². The Hall–Kier alpha value is -3.07. The van der Waals surface area contributed by atoms with E-state index >= 15 is 0 Å². The molecule has 1 aromatic carbocycles. The fourth-order valence-corrected chi connectivity index (χ4v) is 2.46. The van der Waals surface area contributed by atoms with E-state index in [1.807, 2.05) is 0 Å². The molecule has 0 unspecified atom stereocenters. The molecule has 0 atom stereocenters. The Bertz CT molecular complexity index is 787. The quantitative estimate of drug-likeness (QED) is 0.357. The van der Waals surface area contributed by atoms with Crippen molar-refractivity contribution in [1.82, 2.24) is 4.98 Å². The molecule has 0 aliphatic rings. The standard InChI is InChI=1S/C15H13N3O5S/c1-2-4-14(20)23-8-13(19)17-15-16-12(9-24-15)10-5-3-6-11(7-10)18(21)22/h2-3,5-7,9H,1,4,8H2,(H,16,17,19). The first kappa shape index (κ1) is 17.3. The molecule has 0 saturated heterocycles. The number of benzene rings is 1. The summed E-state index contributed by atoms with van der Waals surface area (Å²) < 4.78 is 4.73. The molecule has 0 fully saturated rings. The lowest BCUT2D eigenvalue weighted by Gasteiger charge is -2.03. The highest BCUT2D eigenvalue weighted by Gasteiger charge is 2.12. The van der Waals surface area contributed by atoms with Crippen molar-refractivity contribution in [2.24, 2.45) is 0 Å². The first-order valence-corrected chi connectivity index (χ1v) is 7.64. The van der Waals surface area contributed by atoms with E-state index in [0.29, 0.717) is 16.4 Å². The monoisotopic (exact) mass is 347 g/mol. The summed E-state index contributed by atoms with van der Waals surface area (Å²) in [6.07, 6.45) is 1.41. The summed E-state index contributed by atoms with van der Waals surface area (Å²) in [5.41, 5.74) is 1.03. The van der Waals surface area contributed by atoms with Crippen molar-refractivity contribution in [3.05, 3.63) is 52.4 Å². The number of nitro benzene ring substituents is 1. The van der Waals surface area contributed by atoms with Crippen LogP contribution in [0.4, 0.5) is 10.8 Å². The Labute approximate surface area is 140 Å². The molecule has 9 heteroatoms. The van der Waals surface area contributed by atoms with Crippen molar-refractivity contribution in [2.75, 3.05) is 11.9 Å². The van der Waals surface area contributed by atoms with Gasteiger partial charge in [0.15, 0.2) is 11.7 Å². The maximum absolute atomic E-state index is 11.7. The third-order valence-electron chi connectivity index (χ3n) is 2.78. The number of nitrogens with one attached hydrogen (secondary N) is 1. The molecule has 0 saturated carbocycles. The maximum Gasteiger partial charge on any atom is 0.310 e. The molecule has 0 bridgehead atoms. The van der Waals surface area contributed by atoms with Gasteiger partial charge < -0.3 is 4.74 Å². The van der Waals surface area contributed by atoms with Crippen LogP contribution in [0.3, 0.4) is 0 Å². The molecule has 24 heavy (non-hydrogen) atoms. The number of hydrogen-bond acceptors (Lipinski definition) is 7. The van der Waals surface area contributed by atoms with Crippen molar-refractivity contribution in [1.29, 1.82) is 0 Å². The fourth-order valence-electron chi connectivity index (χ4n) is 1.72. The third-order valence-corrected chi connectivity index (χ3v) is 3.54. The number of amides is 1. The average Bonchev–Trinajstić information content (AvgIpc) is 3.02. The Kier molecular flexibility index (Phi) is 5.74. The zero-order chi connectivity index (χ0) is 17.5. The molecule has 8 nitrogen and oxygen atoms in total. The lowest BCUT2D eigenvalue weighted by Crippen LogP contribution is -2.20. The van der Waals surface area contributed by atoms with Crippen LogP contribution < -0.4 is 5.32 Å². The molecule has 1 heterocycles. The number of thiazole rings is 1. The second-order valence-electron chi connectivity index (χ2n) is 4.55. The number of carbonyl (C=O) groups excluding carboxylic acids is 2. The lowest BCUT2D eigenvalue weighted by atomic mass is 10.1. The molecule has 2 rings (SSSR count). The van der Waals surface area contributed by atoms with Gasteiger partial charge in [-0.05, 0) is 0 Å². The van der Waals surface area contributed by atoms with Gasteiger partial charge in [0, 0.05) is 23.1 Å². The molecule has 0 radical (unpaired) electrons. The van der Waals surface area contributed by atoms with Crippen molar-refractivity contribution in [3.8, 4) is 11.3 Å². The molecule has 2 aromatic rings. The average molecular weight is 347 g/mol. The number of aromatic nitrogens is 1. The second-order valence-corrected chi connectivity index (χ2v) is 5.41. The van der Waals surface area contributed by atoms with Gasteiger partial charge in [-0.15, -0.1) is 17.9 Å². The Morgan fingerprint density at radius 3 is 2.96 bits per heavy atom. The van der Waals surface area contributed by atoms with Gasteiger partial charge in [0.1, 0.15) is 0 Å². The zero-order valence-electron chi connectivity index (χ0n) is 12.4. The SMILES string of the molecule is C=CCC(=O)OCC(=O)Nc1nc(-c2cccc([N+](=O)[O-])c2)cs1. The van der Waals surface area contributed by atoms with Gasteiger partial charge in [-0.3, -0.25) is 25.0 Å². The van der Waals surface area contributed by atoms with E-state index in [1.54, 1.807) is 17.5 Å². The highest BCUT2D eigenvalue weighted by molar-refractivity contribution is 7.14. The predicted octanol–water partition coefficient (Wildman–Crippen LogP) is 2.78. The first-order chi connectivity index (χ1) is 11.5. The number of nitrogens with zero attached hydrogens (tertiary/aromatic N) is 2. The van der Waals surface area contributed by atoms with Crippen LogP contribution >= 0.6 is 11.3 Å². The minimum absolute atomic E-state index is 0.0292. The summed E-state index contributed by atoms with van der Waals surface area (Å²) in [5.74, 6) is -1.07. The molecule has 0 aliphatic heterocycles.